The average molecular weight is 317 g/mol. The van der Waals surface area contributed by atoms with E-state index in [-0.39, 0.29) is 11.5 Å². The Labute approximate surface area is 114 Å². The zero-order valence-corrected chi connectivity index (χ0v) is 12.5. The van der Waals surface area contributed by atoms with Crippen LogP contribution in [0.4, 0.5) is 0 Å². The maximum atomic E-state index is 11.9. The smallest absolute Gasteiger partial charge is 0.265 e. The molecule has 1 aliphatic rings. The minimum absolute atomic E-state index is 0.0510. The Bertz CT molecular complexity index is 452. The standard InChI is InChI=1S/C12H17BrN2OS/c1-7(2)10-9(13)12(16)15-11(14-10)8-5-3-4-6-17-8/h7-8H,3-6H2,1-2H3,(H,14,15,16). The normalized spacial score (nSPS) is 20.8. The van der Waals surface area contributed by atoms with Gasteiger partial charge in [0.15, 0.2) is 0 Å². The third-order valence-electron chi connectivity index (χ3n) is 2.94. The van der Waals surface area contributed by atoms with Crippen molar-refractivity contribution in [1.29, 1.82) is 0 Å². The van der Waals surface area contributed by atoms with Crippen molar-refractivity contribution in [2.24, 2.45) is 0 Å². The van der Waals surface area contributed by atoms with Gasteiger partial charge in [-0.05, 0) is 40.4 Å². The third kappa shape index (κ3) is 2.94. The van der Waals surface area contributed by atoms with Crippen LogP contribution in [0.3, 0.4) is 0 Å². The van der Waals surface area contributed by atoms with Crippen LogP contribution in [0.15, 0.2) is 9.27 Å². The molecule has 5 heteroatoms. The summed E-state index contributed by atoms with van der Waals surface area (Å²) in [7, 11) is 0. The molecule has 94 valence electrons. The molecule has 0 saturated carbocycles. The van der Waals surface area contributed by atoms with E-state index in [2.05, 4.69) is 39.7 Å². The summed E-state index contributed by atoms with van der Waals surface area (Å²) in [4.78, 5) is 19.4. The molecule has 1 atom stereocenters. The molecule has 0 amide bonds. The number of aromatic amines is 1. The Kier molecular flexibility index (Phi) is 4.31. The molecule has 1 fully saturated rings. The molecule has 3 nitrogen and oxygen atoms in total. The van der Waals surface area contributed by atoms with Crippen LogP contribution in [0.5, 0.6) is 0 Å². The molecule has 1 unspecified atom stereocenters. The third-order valence-corrected chi connectivity index (χ3v) is 5.09. The SMILES string of the molecule is CC(C)c1nc(C2CCCCS2)[nH]c(=O)c1Br. The number of nitrogens with zero attached hydrogens (tertiary/aromatic N) is 1. The molecule has 0 spiro atoms. The van der Waals surface area contributed by atoms with Crippen molar-refractivity contribution in [3.63, 3.8) is 0 Å². The zero-order chi connectivity index (χ0) is 12.4. The minimum Gasteiger partial charge on any atom is -0.309 e. The van der Waals surface area contributed by atoms with Crippen molar-refractivity contribution in [3.05, 3.63) is 26.3 Å². The summed E-state index contributed by atoms with van der Waals surface area (Å²) in [5, 5.41) is 0.363. The first-order valence-electron chi connectivity index (χ1n) is 6.00. The highest BCUT2D eigenvalue weighted by atomic mass is 79.9. The van der Waals surface area contributed by atoms with E-state index in [1.807, 2.05) is 11.8 Å². The lowest BCUT2D eigenvalue weighted by atomic mass is 10.1. The summed E-state index contributed by atoms with van der Waals surface area (Å²) in [6.45, 7) is 4.12. The second-order valence-electron chi connectivity index (χ2n) is 4.66. The first-order chi connectivity index (χ1) is 8.09. The zero-order valence-electron chi connectivity index (χ0n) is 10.1. The molecule has 0 bridgehead atoms. The summed E-state index contributed by atoms with van der Waals surface area (Å²) in [5.41, 5.74) is 0.819. The van der Waals surface area contributed by atoms with Gasteiger partial charge in [-0.3, -0.25) is 4.79 Å². The molecule has 1 aromatic heterocycles. The number of thioether (sulfide) groups is 1. The van der Waals surface area contributed by atoms with Crippen LogP contribution in [-0.4, -0.2) is 15.7 Å². The van der Waals surface area contributed by atoms with E-state index in [1.165, 1.54) is 18.6 Å². The van der Waals surface area contributed by atoms with Gasteiger partial charge in [0.2, 0.25) is 0 Å². The molecule has 1 aromatic rings. The van der Waals surface area contributed by atoms with Crippen molar-refractivity contribution < 1.29 is 0 Å². The summed E-state index contributed by atoms with van der Waals surface area (Å²) >= 11 is 5.23. The second kappa shape index (κ2) is 5.57. The van der Waals surface area contributed by atoms with Crippen molar-refractivity contribution in [1.82, 2.24) is 9.97 Å². The van der Waals surface area contributed by atoms with Crippen molar-refractivity contribution in [2.75, 3.05) is 5.75 Å². The number of hydrogen-bond acceptors (Lipinski definition) is 3. The molecule has 0 aromatic carbocycles. The number of H-pyrrole nitrogens is 1. The van der Waals surface area contributed by atoms with Crippen molar-refractivity contribution >= 4 is 27.7 Å². The van der Waals surface area contributed by atoms with Crippen LogP contribution < -0.4 is 5.56 Å². The van der Waals surface area contributed by atoms with E-state index in [9.17, 15) is 4.79 Å². The quantitative estimate of drug-likeness (QED) is 0.906. The van der Waals surface area contributed by atoms with E-state index in [0.717, 1.165) is 17.9 Å². The van der Waals surface area contributed by atoms with Crippen molar-refractivity contribution in [2.45, 2.75) is 44.3 Å². The van der Waals surface area contributed by atoms with Crippen molar-refractivity contribution in [3.8, 4) is 0 Å². The lowest BCUT2D eigenvalue weighted by Crippen LogP contribution is -2.19. The number of halogens is 1. The van der Waals surface area contributed by atoms with Gasteiger partial charge in [0.1, 0.15) is 10.3 Å². The maximum Gasteiger partial charge on any atom is 0.265 e. The van der Waals surface area contributed by atoms with Crippen LogP contribution in [0.2, 0.25) is 0 Å². The van der Waals surface area contributed by atoms with E-state index in [1.54, 1.807) is 0 Å². The number of rotatable bonds is 2. The average Bonchev–Trinajstić information content (AvgIpc) is 2.33. The number of aromatic nitrogens is 2. The van der Waals surface area contributed by atoms with E-state index in [0.29, 0.717) is 9.72 Å². The predicted octanol–water partition coefficient (Wildman–Crippen LogP) is 3.61. The van der Waals surface area contributed by atoms with Gasteiger partial charge < -0.3 is 4.98 Å². The summed E-state index contributed by atoms with van der Waals surface area (Å²) < 4.78 is 0.581. The minimum atomic E-state index is -0.0510. The molecule has 0 radical (unpaired) electrons. The molecule has 0 aliphatic carbocycles. The highest BCUT2D eigenvalue weighted by molar-refractivity contribution is 9.10. The Balaban J connectivity index is 2.37. The predicted molar refractivity (Wildman–Crippen MR) is 75.7 cm³/mol. The van der Waals surface area contributed by atoms with Gasteiger partial charge >= 0.3 is 0 Å². The van der Waals surface area contributed by atoms with Gasteiger partial charge in [-0.1, -0.05) is 20.3 Å². The van der Waals surface area contributed by atoms with Crippen LogP contribution >= 0.6 is 27.7 Å². The molecule has 1 N–H and O–H groups in total. The monoisotopic (exact) mass is 316 g/mol. The van der Waals surface area contributed by atoms with Gasteiger partial charge in [-0.15, -0.1) is 0 Å². The highest BCUT2D eigenvalue weighted by Gasteiger charge is 2.21. The van der Waals surface area contributed by atoms with Gasteiger partial charge in [-0.25, -0.2) is 4.98 Å². The molecule has 1 aliphatic heterocycles. The molecule has 2 heterocycles. The molecular formula is C12H17BrN2OS. The first-order valence-corrected chi connectivity index (χ1v) is 7.85. The van der Waals surface area contributed by atoms with Gasteiger partial charge in [0.25, 0.3) is 5.56 Å². The van der Waals surface area contributed by atoms with E-state index in [4.69, 9.17) is 0 Å². The largest absolute Gasteiger partial charge is 0.309 e. The lowest BCUT2D eigenvalue weighted by molar-refractivity contribution is 0.649. The second-order valence-corrected chi connectivity index (χ2v) is 6.76. The van der Waals surface area contributed by atoms with E-state index >= 15 is 0 Å². The lowest BCUT2D eigenvalue weighted by Gasteiger charge is -2.21. The van der Waals surface area contributed by atoms with E-state index < -0.39 is 0 Å². The molecular weight excluding hydrogens is 300 g/mol. The van der Waals surface area contributed by atoms with Crippen LogP contribution in [0, 0.1) is 0 Å². The topological polar surface area (TPSA) is 45.8 Å². The summed E-state index contributed by atoms with van der Waals surface area (Å²) in [6, 6.07) is 0. The fourth-order valence-corrected chi connectivity index (χ4v) is 3.89. The fraction of sp³-hybridized carbons (Fsp3) is 0.667. The van der Waals surface area contributed by atoms with Crippen LogP contribution in [0.25, 0.3) is 0 Å². The molecule has 2 rings (SSSR count). The Morgan fingerprint density at radius 3 is 2.82 bits per heavy atom. The van der Waals surface area contributed by atoms with Gasteiger partial charge in [0, 0.05) is 0 Å². The number of hydrogen-bond donors (Lipinski definition) is 1. The molecule has 1 saturated heterocycles. The van der Waals surface area contributed by atoms with Gasteiger partial charge in [0.05, 0.1) is 10.9 Å². The maximum absolute atomic E-state index is 11.9. The highest BCUT2D eigenvalue weighted by Crippen LogP contribution is 2.36. The Morgan fingerprint density at radius 1 is 1.47 bits per heavy atom. The van der Waals surface area contributed by atoms with Gasteiger partial charge in [-0.2, -0.15) is 11.8 Å². The van der Waals surface area contributed by atoms with Crippen LogP contribution in [0.1, 0.15) is 55.8 Å². The summed E-state index contributed by atoms with van der Waals surface area (Å²) in [6.07, 6.45) is 3.63. The fourth-order valence-electron chi connectivity index (χ4n) is 1.99. The number of nitrogens with one attached hydrogen (secondary N) is 1. The summed E-state index contributed by atoms with van der Waals surface area (Å²) in [5.74, 6) is 2.28. The van der Waals surface area contributed by atoms with Crippen LogP contribution in [-0.2, 0) is 0 Å². The molecule has 17 heavy (non-hydrogen) atoms. The Morgan fingerprint density at radius 2 is 2.24 bits per heavy atom. The Hall–Kier alpha value is -0.290. The first kappa shape index (κ1) is 13.1.